The van der Waals surface area contributed by atoms with E-state index < -0.39 is 35.4 Å². The Bertz CT molecular complexity index is 1510. The average molecular weight is 572 g/mol. The lowest BCUT2D eigenvalue weighted by Gasteiger charge is -2.37. The summed E-state index contributed by atoms with van der Waals surface area (Å²) >= 11 is 0. The molecule has 2 aliphatic rings. The van der Waals surface area contributed by atoms with Crippen molar-refractivity contribution < 1.29 is 24.3 Å². The molecular formula is C32H37N5O5. The van der Waals surface area contributed by atoms with Gasteiger partial charge in [-0.2, -0.15) is 0 Å². The van der Waals surface area contributed by atoms with Crippen LogP contribution in [0.1, 0.15) is 42.1 Å². The van der Waals surface area contributed by atoms with Crippen LogP contribution in [0.25, 0.3) is 10.8 Å². The van der Waals surface area contributed by atoms with E-state index in [1.807, 2.05) is 42.5 Å². The number of fused-ring (bicyclic) bond motifs is 3. The number of benzene rings is 3. The maximum atomic E-state index is 13.6. The first-order chi connectivity index (χ1) is 20.2. The number of carbonyl (C=O) groups excluding carboxylic acids is 4. The van der Waals surface area contributed by atoms with Gasteiger partial charge in [0.15, 0.2) is 0 Å². The number of carbonyl (C=O) groups is 4. The van der Waals surface area contributed by atoms with E-state index in [2.05, 4.69) is 16.0 Å². The standard InChI is InChI=1S/C32H37N5O5/c1-20(17-32-13-6-14-37(32)30(41)25-9-4-5-10-26(25)36-31(32)42)28(39)35-27(29(40)34-19-24(38)18-33)16-21-11-12-22-7-2-3-8-23(22)15-21/h2-5,7-12,15,20,24,27,38H,6,13-14,16-19,33H2,1H3,(H,34,40)(H,35,39)(H,36,42)/t20?,24?,27-,32?/m1/s1. The average Bonchev–Trinajstić information content (AvgIpc) is 3.40. The summed E-state index contributed by atoms with van der Waals surface area (Å²) in [5.74, 6) is -2.08. The molecule has 10 heteroatoms. The lowest BCUT2D eigenvalue weighted by atomic mass is 9.84. The maximum absolute atomic E-state index is 13.6. The van der Waals surface area contributed by atoms with Crippen molar-refractivity contribution in [2.24, 2.45) is 11.7 Å². The molecule has 2 heterocycles. The Morgan fingerprint density at radius 2 is 1.79 bits per heavy atom. The fourth-order valence-electron chi connectivity index (χ4n) is 6.03. The zero-order valence-corrected chi connectivity index (χ0v) is 23.6. The third-order valence-corrected chi connectivity index (χ3v) is 8.32. The molecule has 1 fully saturated rings. The first kappa shape index (κ1) is 29.2. The predicted octanol–water partition coefficient (Wildman–Crippen LogP) is 1.96. The Labute approximate surface area is 244 Å². The summed E-state index contributed by atoms with van der Waals surface area (Å²) in [6.45, 7) is 2.07. The number of aliphatic hydroxyl groups is 1. The second kappa shape index (κ2) is 12.3. The summed E-state index contributed by atoms with van der Waals surface area (Å²) in [6, 6.07) is 19.7. The Kier molecular flexibility index (Phi) is 8.56. The number of rotatable bonds is 10. The number of hydrogen-bond donors (Lipinski definition) is 5. The minimum Gasteiger partial charge on any atom is -0.390 e. The fraction of sp³-hybridized carbons (Fsp3) is 0.375. The topological polar surface area (TPSA) is 154 Å². The van der Waals surface area contributed by atoms with Gasteiger partial charge in [-0.15, -0.1) is 0 Å². The number of nitrogens with one attached hydrogen (secondary N) is 3. The van der Waals surface area contributed by atoms with Gasteiger partial charge < -0.3 is 31.7 Å². The molecule has 10 nitrogen and oxygen atoms in total. The third-order valence-electron chi connectivity index (χ3n) is 8.32. The number of anilines is 1. The Balaban J connectivity index is 1.35. The van der Waals surface area contributed by atoms with Gasteiger partial charge in [-0.1, -0.05) is 61.5 Å². The highest BCUT2D eigenvalue weighted by Crippen LogP contribution is 2.40. The van der Waals surface area contributed by atoms with Crippen molar-refractivity contribution in [1.82, 2.24) is 15.5 Å². The van der Waals surface area contributed by atoms with E-state index in [0.29, 0.717) is 30.6 Å². The smallest absolute Gasteiger partial charge is 0.256 e. The van der Waals surface area contributed by atoms with Crippen molar-refractivity contribution in [3.8, 4) is 0 Å². The van der Waals surface area contributed by atoms with E-state index in [1.54, 1.807) is 36.1 Å². The first-order valence-electron chi connectivity index (χ1n) is 14.4. The fourth-order valence-corrected chi connectivity index (χ4v) is 6.03. The monoisotopic (exact) mass is 571 g/mol. The molecule has 3 unspecified atom stereocenters. The van der Waals surface area contributed by atoms with Gasteiger partial charge in [0.2, 0.25) is 17.7 Å². The van der Waals surface area contributed by atoms with E-state index in [4.69, 9.17) is 5.73 Å². The van der Waals surface area contributed by atoms with E-state index >= 15 is 0 Å². The van der Waals surface area contributed by atoms with Crippen LogP contribution in [0.3, 0.4) is 0 Å². The summed E-state index contributed by atoms with van der Waals surface area (Å²) in [7, 11) is 0. The molecule has 0 saturated carbocycles. The van der Waals surface area contributed by atoms with Crippen molar-refractivity contribution in [2.45, 2.75) is 50.3 Å². The van der Waals surface area contributed by atoms with Gasteiger partial charge in [0.05, 0.1) is 17.4 Å². The Morgan fingerprint density at radius 1 is 1.05 bits per heavy atom. The van der Waals surface area contributed by atoms with Crippen LogP contribution in [-0.2, 0) is 20.8 Å². The van der Waals surface area contributed by atoms with Crippen LogP contribution in [0.15, 0.2) is 66.7 Å². The molecule has 4 atom stereocenters. The van der Waals surface area contributed by atoms with Crippen molar-refractivity contribution >= 4 is 40.1 Å². The first-order valence-corrected chi connectivity index (χ1v) is 14.4. The lowest BCUT2D eigenvalue weighted by molar-refractivity contribution is -0.133. The normalized spacial score (nSPS) is 20.1. The largest absolute Gasteiger partial charge is 0.390 e. The van der Waals surface area contributed by atoms with Crippen LogP contribution in [0.4, 0.5) is 5.69 Å². The molecule has 0 aromatic heterocycles. The molecule has 2 aliphatic heterocycles. The molecule has 6 N–H and O–H groups in total. The molecule has 0 radical (unpaired) electrons. The van der Waals surface area contributed by atoms with Crippen LogP contribution in [0.2, 0.25) is 0 Å². The molecule has 4 amide bonds. The zero-order valence-electron chi connectivity index (χ0n) is 23.6. The highest BCUT2D eigenvalue weighted by Gasteiger charge is 2.53. The molecule has 5 rings (SSSR count). The van der Waals surface area contributed by atoms with Crippen LogP contribution >= 0.6 is 0 Å². The third kappa shape index (κ3) is 5.86. The van der Waals surface area contributed by atoms with Crippen molar-refractivity contribution in [3.05, 3.63) is 77.9 Å². The van der Waals surface area contributed by atoms with E-state index in [-0.39, 0.29) is 37.7 Å². The van der Waals surface area contributed by atoms with Gasteiger partial charge >= 0.3 is 0 Å². The Hall–Kier alpha value is -4.28. The van der Waals surface area contributed by atoms with E-state index in [9.17, 15) is 24.3 Å². The summed E-state index contributed by atoms with van der Waals surface area (Å²) in [4.78, 5) is 55.5. The van der Waals surface area contributed by atoms with E-state index in [0.717, 1.165) is 16.3 Å². The van der Waals surface area contributed by atoms with Crippen LogP contribution in [0.5, 0.6) is 0 Å². The van der Waals surface area contributed by atoms with Crippen molar-refractivity contribution in [3.63, 3.8) is 0 Å². The number of aliphatic hydroxyl groups excluding tert-OH is 1. The Morgan fingerprint density at radius 3 is 2.57 bits per heavy atom. The molecule has 0 spiro atoms. The SMILES string of the molecule is CC(CC12CCCN1C(=O)c1ccccc1NC2=O)C(=O)N[C@H](Cc1ccc2ccccc2c1)C(=O)NCC(O)CN. The van der Waals surface area contributed by atoms with Crippen molar-refractivity contribution in [2.75, 3.05) is 25.0 Å². The number of para-hydroxylation sites is 1. The molecule has 1 saturated heterocycles. The zero-order chi connectivity index (χ0) is 29.9. The molecule has 3 aromatic rings. The van der Waals surface area contributed by atoms with Crippen molar-refractivity contribution in [1.29, 1.82) is 0 Å². The number of hydrogen-bond acceptors (Lipinski definition) is 6. The molecule has 3 aromatic carbocycles. The minimum atomic E-state index is -1.17. The molecule has 0 aliphatic carbocycles. The summed E-state index contributed by atoms with van der Waals surface area (Å²) in [5.41, 5.74) is 6.07. The summed E-state index contributed by atoms with van der Waals surface area (Å²) in [5, 5.41) is 20.4. The van der Waals surface area contributed by atoms with Crippen LogP contribution in [-0.4, -0.2) is 71.0 Å². The molecular weight excluding hydrogens is 534 g/mol. The highest BCUT2D eigenvalue weighted by molar-refractivity contribution is 6.12. The van der Waals surface area contributed by atoms with Crippen LogP contribution in [0, 0.1) is 5.92 Å². The van der Waals surface area contributed by atoms with Gasteiger partial charge in [0.1, 0.15) is 11.6 Å². The number of nitrogens with zero attached hydrogens (tertiary/aromatic N) is 1. The summed E-state index contributed by atoms with van der Waals surface area (Å²) < 4.78 is 0. The van der Waals surface area contributed by atoms with Crippen LogP contribution < -0.4 is 21.7 Å². The predicted molar refractivity (Wildman–Crippen MR) is 160 cm³/mol. The van der Waals surface area contributed by atoms with Gasteiger partial charge in [-0.3, -0.25) is 19.2 Å². The van der Waals surface area contributed by atoms with Gasteiger partial charge in [-0.05, 0) is 47.7 Å². The van der Waals surface area contributed by atoms with Gasteiger partial charge in [0, 0.05) is 32.0 Å². The number of amides is 4. The quantitative estimate of drug-likeness (QED) is 0.251. The summed E-state index contributed by atoms with van der Waals surface area (Å²) in [6.07, 6.45) is 0.507. The maximum Gasteiger partial charge on any atom is 0.256 e. The second-order valence-corrected chi connectivity index (χ2v) is 11.3. The second-order valence-electron chi connectivity index (χ2n) is 11.3. The van der Waals surface area contributed by atoms with Gasteiger partial charge in [-0.25, -0.2) is 0 Å². The minimum absolute atomic E-state index is 0.0117. The lowest BCUT2D eigenvalue weighted by Crippen LogP contribution is -2.56. The molecule has 0 bridgehead atoms. The molecule has 220 valence electrons. The molecule has 42 heavy (non-hydrogen) atoms. The van der Waals surface area contributed by atoms with Gasteiger partial charge in [0.25, 0.3) is 5.91 Å². The van der Waals surface area contributed by atoms with E-state index in [1.165, 1.54) is 0 Å². The number of nitrogens with two attached hydrogens (primary N) is 1. The highest BCUT2D eigenvalue weighted by atomic mass is 16.3.